The molecule has 1 aliphatic rings. The molecule has 0 radical (unpaired) electrons. The van der Waals surface area contributed by atoms with Gasteiger partial charge in [-0.1, -0.05) is 30.3 Å². The van der Waals surface area contributed by atoms with Crippen LogP contribution in [0.25, 0.3) is 0 Å². The molecule has 30 heavy (non-hydrogen) atoms. The van der Waals surface area contributed by atoms with Gasteiger partial charge in [0.15, 0.2) is 11.5 Å². The summed E-state index contributed by atoms with van der Waals surface area (Å²) in [7, 11) is 3.23. The number of rotatable bonds is 8. The third kappa shape index (κ3) is 5.34. The number of hydrogen-bond acceptors (Lipinski definition) is 7. The summed E-state index contributed by atoms with van der Waals surface area (Å²) in [5.74, 6) is 1.38. The van der Waals surface area contributed by atoms with Crippen LogP contribution >= 0.6 is 0 Å². The van der Waals surface area contributed by atoms with Gasteiger partial charge in [0.05, 0.1) is 14.2 Å². The van der Waals surface area contributed by atoms with Crippen molar-refractivity contribution in [3.63, 3.8) is 0 Å². The molecule has 0 saturated carbocycles. The summed E-state index contributed by atoms with van der Waals surface area (Å²) in [6.45, 7) is 2.85. The van der Waals surface area contributed by atoms with Gasteiger partial charge in [0.25, 0.3) is 0 Å². The minimum absolute atomic E-state index is 0.253. The van der Waals surface area contributed by atoms with Crippen molar-refractivity contribution < 1.29 is 24.1 Å². The first-order chi connectivity index (χ1) is 14.5. The van der Waals surface area contributed by atoms with Crippen molar-refractivity contribution in [1.82, 2.24) is 4.90 Å². The van der Waals surface area contributed by atoms with Crippen LogP contribution in [0, 0.1) is 0 Å². The number of aliphatic hydroxyl groups excluding tert-OH is 1. The molecule has 0 bridgehead atoms. The number of aliphatic hydroxyl groups is 1. The van der Waals surface area contributed by atoms with E-state index in [1.54, 1.807) is 14.2 Å². The summed E-state index contributed by atoms with van der Waals surface area (Å²) < 4.78 is 15.9. The molecular weight excluding hydrogens is 386 g/mol. The summed E-state index contributed by atoms with van der Waals surface area (Å²) in [6.07, 6.45) is -1.94. The predicted molar refractivity (Wildman–Crippen MR) is 114 cm³/mol. The number of anilines is 1. The number of primary amides is 1. The molecule has 3 rings (SSSR count). The molecule has 0 aromatic heterocycles. The van der Waals surface area contributed by atoms with E-state index in [0.29, 0.717) is 24.6 Å². The lowest BCUT2D eigenvalue weighted by atomic mass is 10.0. The van der Waals surface area contributed by atoms with Gasteiger partial charge in [0.1, 0.15) is 12.3 Å². The molecule has 2 aromatic rings. The Morgan fingerprint density at radius 3 is 2.30 bits per heavy atom. The van der Waals surface area contributed by atoms with Gasteiger partial charge < -0.3 is 30.0 Å². The Morgan fingerprint density at radius 2 is 1.70 bits per heavy atom. The number of benzene rings is 2. The SMILES string of the molecule is COc1ccc(N2CCN(C(O)C[C@@H](OC(N)=O)c3ccccc3)CC2)cc1OC. The molecule has 8 nitrogen and oxygen atoms in total. The Balaban J connectivity index is 1.60. The van der Waals surface area contributed by atoms with E-state index in [4.69, 9.17) is 19.9 Å². The van der Waals surface area contributed by atoms with Crippen LogP contribution in [0.2, 0.25) is 0 Å². The minimum atomic E-state index is -0.852. The number of carbonyl (C=O) groups is 1. The highest BCUT2D eigenvalue weighted by Gasteiger charge is 2.27. The smallest absolute Gasteiger partial charge is 0.405 e. The van der Waals surface area contributed by atoms with Crippen molar-refractivity contribution in [3.8, 4) is 11.5 Å². The number of nitrogens with zero attached hydrogens (tertiary/aromatic N) is 2. The van der Waals surface area contributed by atoms with Gasteiger partial charge in [-0.3, -0.25) is 4.90 Å². The van der Waals surface area contributed by atoms with Crippen LogP contribution in [0.5, 0.6) is 11.5 Å². The van der Waals surface area contributed by atoms with Gasteiger partial charge in [0, 0.05) is 44.4 Å². The summed E-state index contributed by atoms with van der Waals surface area (Å²) in [4.78, 5) is 15.5. The minimum Gasteiger partial charge on any atom is -0.493 e. The number of hydrogen-bond donors (Lipinski definition) is 2. The summed E-state index contributed by atoms with van der Waals surface area (Å²) >= 11 is 0. The van der Waals surface area contributed by atoms with E-state index in [-0.39, 0.29) is 6.42 Å². The molecule has 0 aliphatic carbocycles. The first-order valence-electron chi connectivity index (χ1n) is 9.92. The van der Waals surface area contributed by atoms with Gasteiger partial charge in [0.2, 0.25) is 0 Å². The van der Waals surface area contributed by atoms with Crippen molar-refractivity contribution in [2.24, 2.45) is 5.73 Å². The zero-order chi connectivity index (χ0) is 21.5. The molecule has 2 atom stereocenters. The van der Waals surface area contributed by atoms with Crippen molar-refractivity contribution in [2.75, 3.05) is 45.3 Å². The van der Waals surface area contributed by atoms with Crippen LogP contribution < -0.4 is 20.1 Å². The molecule has 8 heteroatoms. The van der Waals surface area contributed by atoms with Crippen molar-refractivity contribution in [1.29, 1.82) is 0 Å². The van der Waals surface area contributed by atoms with E-state index in [0.717, 1.165) is 24.3 Å². The fourth-order valence-electron chi connectivity index (χ4n) is 3.70. The van der Waals surface area contributed by atoms with Gasteiger partial charge in [-0.05, 0) is 17.7 Å². The highest BCUT2D eigenvalue weighted by atomic mass is 16.6. The predicted octanol–water partition coefficient (Wildman–Crippen LogP) is 2.37. The molecule has 3 N–H and O–H groups in total. The summed E-state index contributed by atoms with van der Waals surface area (Å²) in [5, 5.41) is 10.8. The molecule has 1 amide bonds. The van der Waals surface area contributed by atoms with Crippen LogP contribution in [0.4, 0.5) is 10.5 Å². The second-order valence-electron chi connectivity index (χ2n) is 7.11. The zero-order valence-electron chi connectivity index (χ0n) is 17.4. The molecular formula is C22H29N3O5. The number of piperazine rings is 1. The molecule has 2 aromatic carbocycles. The Morgan fingerprint density at radius 1 is 1.03 bits per heavy atom. The molecule has 1 saturated heterocycles. The Labute approximate surface area is 176 Å². The maximum absolute atomic E-state index is 11.3. The van der Waals surface area contributed by atoms with Gasteiger partial charge in [-0.25, -0.2) is 4.79 Å². The monoisotopic (exact) mass is 415 g/mol. The van der Waals surface area contributed by atoms with Crippen LogP contribution in [0.15, 0.2) is 48.5 Å². The molecule has 162 valence electrons. The quantitative estimate of drug-likeness (QED) is 0.683. The first-order valence-corrected chi connectivity index (χ1v) is 9.92. The Hall–Kier alpha value is -2.97. The summed E-state index contributed by atoms with van der Waals surface area (Å²) in [6, 6.07) is 15.2. The maximum Gasteiger partial charge on any atom is 0.405 e. The van der Waals surface area contributed by atoms with Gasteiger partial charge in [-0.2, -0.15) is 0 Å². The van der Waals surface area contributed by atoms with E-state index < -0.39 is 18.4 Å². The standard InChI is InChI=1S/C22H29N3O5/c1-28-18-9-8-17(14-20(18)29-2)24-10-12-25(13-11-24)21(26)15-19(30-22(23)27)16-6-4-3-5-7-16/h3-9,14,19,21,26H,10-13,15H2,1-2H3,(H2,23,27)/t19-,21?/m1/s1. The maximum atomic E-state index is 11.3. The lowest BCUT2D eigenvalue weighted by Gasteiger charge is -2.39. The van der Waals surface area contributed by atoms with E-state index in [1.807, 2.05) is 53.4 Å². The number of methoxy groups -OCH3 is 2. The molecule has 0 spiro atoms. The highest BCUT2D eigenvalue weighted by molar-refractivity contribution is 5.65. The largest absolute Gasteiger partial charge is 0.493 e. The fraction of sp³-hybridized carbons (Fsp3) is 0.409. The van der Waals surface area contributed by atoms with E-state index >= 15 is 0 Å². The third-order valence-corrected chi connectivity index (χ3v) is 5.32. The lowest BCUT2D eigenvalue weighted by Crippen LogP contribution is -2.50. The molecule has 1 heterocycles. The molecule has 1 aliphatic heterocycles. The van der Waals surface area contributed by atoms with Crippen LogP contribution in [0.1, 0.15) is 18.1 Å². The fourth-order valence-corrected chi connectivity index (χ4v) is 3.70. The van der Waals surface area contributed by atoms with Crippen LogP contribution in [-0.2, 0) is 4.74 Å². The van der Waals surface area contributed by atoms with Gasteiger partial charge >= 0.3 is 6.09 Å². The third-order valence-electron chi connectivity index (χ3n) is 5.32. The van der Waals surface area contributed by atoms with Crippen LogP contribution in [-0.4, -0.2) is 62.7 Å². The lowest BCUT2D eigenvalue weighted by molar-refractivity contribution is -0.0364. The second kappa shape index (κ2) is 10.2. The van der Waals surface area contributed by atoms with Crippen molar-refractivity contribution in [3.05, 3.63) is 54.1 Å². The number of carbonyl (C=O) groups excluding carboxylic acids is 1. The average Bonchev–Trinajstić information content (AvgIpc) is 2.78. The number of nitrogens with two attached hydrogens (primary N) is 1. The van der Waals surface area contributed by atoms with Gasteiger partial charge in [-0.15, -0.1) is 0 Å². The highest BCUT2D eigenvalue weighted by Crippen LogP contribution is 2.32. The van der Waals surface area contributed by atoms with E-state index in [9.17, 15) is 9.90 Å². The van der Waals surface area contributed by atoms with E-state index in [1.165, 1.54) is 0 Å². The van der Waals surface area contributed by atoms with Crippen LogP contribution in [0.3, 0.4) is 0 Å². The molecule has 1 unspecified atom stereocenters. The zero-order valence-corrected chi connectivity index (χ0v) is 17.4. The van der Waals surface area contributed by atoms with Crippen molar-refractivity contribution >= 4 is 11.8 Å². The topological polar surface area (TPSA) is 97.5 Å². The second-order valence-corrected chi connectivity index (χ2v) is 7.11. The number of ether oxygens (including phenoxy) is 3. The normalized spacial score (nSPS) is 16.6. The first kappa shape index (κ1) is 21.7. The molecule has 1 fully saturated rings. The van der Waals surface area contributed by atoms with Crippen molar-refractivity contribution in [2.45, 2.75) is 18.8 Å². The Bertz CT molecular complexity index is 825. The average molecular weight is 415 g/mol. The number of amides is 1. The summed E-state index contributed by atoms with van der Waals surface area (Å²) in [5.41, 5.74) is 7.08. The van der Waals surface area contributed by atoms with E-state index in [2.05, 4.69) is 4.90 Å². The Kier molecular flexibility index (Phi) is 7.37.